The van der Waals surface area contributed by atoms with E-state index in [-0.39, 0.29) is 0 Å². The molecule has 11 heavy (non-hydrogen) atoms. The first-order valence-electron chi connectivity index (χ1n) is 3.83. The molecule has 2 heterocycles. The zero-order valence-electron chi connectivity index (χ0n) is 6.14. The van der Waals surface area contributed by atoms with Crippen LogP contribution in [0.1, 0.15) is 24.4 Å². The molecule has 0 radical (unpaired) electrons. The molecular weight excluding hydrogens is 206 g/mol. The smallest absolute Gasteiger partial charge is 0.169 e. The summed E-state index contributed by atoms with van der Waals surface area (Å²) in [5, 5.41) is 3.41. The van der Waals surface area contributed by atoms with E-state index in [0.717, 1.165) is 11.2 Å². The van der Waals surface area contributed by atoms with Gasteiger partial charge in [0.2, 0.25) is 0 Å². The van der Waals surface area contributed by atoms with E-state index in [4.69, 9.17) is 4.42 Å². The number of rotatable bonds is 1. The topological polar surface area (TPSA) is 25.2 Å². The normalized spacial score (nSPS) is 24.3. The van der Waals surface area contributed by atoms with Gasteiger partial charge in [-0.05, 0) is 41.4 Å². The standard InChI is InChI=1S/C8H10BrNO/c9-8-4-6(5-11-8)7-2-1-3-10-7/h4-5,7,10H,1-3H2/t7-/m1/s1. The van der Waals surface area contributed by atoms with E-state index in [0.29, 0.717) is 6.04 Å². The Labute approximate surface area is 74.1 Å². The summed E-state index contributed by atoms with van der Waals surface area (Å²) in [4.78, 5) is 0. The highest BCUT2D eigenvalue weighted by Gasteiger charge is 2.17. The van der Waals surface area contributed by atoms with Gasteiger partial charge in [0.25, 0.3) is 0 Å². The van der Waals surface area contributed by atoms with Gasteiger partial charge in [0.1, 0.15) is 0 Å². The van der Waals surface area contributed by atoms with E-state index < -0.39 is 0 Å². The van der Waals surface area contributed by atoms with Crippen LogP contribution in [0.5, 0.6) is 0 Å². The van der Waals surface area contributed by atoms with E-state index in [1.165, 1.54) is 18.4 Å². The predicted molar refractivity (Wildman–Crippen MR) is 46.4 cm³/mol. The predicted octanol–water partition coefficient (Wildman–Crippen LogP) is 2.47. The van der Waals surface area contributed by atoms with Crippen LogP contribution in [0.3, 0.4) is 0 Å². The molecule has 0 unspecified atom stereocenters. The second-order valence-corrected chi connectivity index (χ2v) is 3.61. The molecule has 1 fully saturated rings. The Balaban J connectivity index is 2.15. The molecule has 2 nitrogen and oxygen atoms in total. The van der Waals surface area contributed by atoms with Crippen LogP contribution in [0.25, 0.3) is 0 Å². The molecule has 0 bridgehead atoms. The highest BCUT2D eigenvalue weighted by Crippen LogP contribution is 2.26. The fourth-order valence-corrected chi connectivity index (χ4v) is 1.83. The van der Waals surface area contributed by atoms with Crippen molar-refractivity contribution in [1.29, 1.82) is 0 Å². The average Bonchev–Trinajstić information content (AvgIpc) is 2.55. The van der Waals surface area contributed by atoms with Gasteiger partial charge in [-0.15, -0.1) is 0 Å². The van der Waals surface area contributed by atoms with Crippen molar-refractivity contribution in [2.24, 2.45) is 0 Å². The lowest BCUT2D eigenvalue weighted by Gasteiger charge is -2.04. The molecule has 0 aliphatic carbocycles. The summed E-state index contributed by atoms with van der Waals surface area (Å²) in [6, 6.07) is 2.55. The Morgan fingerprint density at radius 2 is 2.55 bits per heavy atom. The fourth-order valence-electron chi connectivity index (χ4n) is 1.48. The van der Waals surface area contributed by atoms with Gasteiger partial charge in [-0.25, -0.2) is 0 Å². The average molecular weight is 216 g/mol. The summed E-state index contributed by atoms with van der Waals surface area (Å²) in [6.07, 6.45) is 4.31. The van der Waals surface area contributed by atoms with E-state index in [2.05, 4.69) is 21.2 Å². The van der Waals surface area contributed by atoms with Crippen LogP contribution in [-0.2, 0) is 0 Å². The molecule has 0 spiro atoms. The van der Waals surface area contributed by atoms with Crippen LogP contribution in [0.2, 0.25) is 0 Å². The van der Waals surface area contributed by atoms with Crippen LogP contribution in [0.4, 0.5) is 0 Å². The van der Waals surface area contributed by atoms with Gasteiger partial charge < -0.3 is 9.73 Å². The lowest BCUT2D eigenvalue weighted by Crippen LogP contribution is -2.11. The molecule has 1 aromatic rings. The quantitative estimate of drug-likeness (QED) is 0.779. The summed E-state index contributed by atoms with van der Waals surface area (Å²) in [5.74, 6) is 0. The van der Waals surface area contributed by atoms with Gasteiger partial charge >= 0.3 is 0 Å². The van der Waals surface area contributed by atoms with Crippen LogP contribution in [-0.4, -0.2) is 6.54 Å². The van der Waals surface area contributed by atoms with Gasteiger partial charge in [0.15, 0.2) is 4.67 Å². The maximum atomic E-state index is 5.15. The second-order valence-electron chi connectivity index (χ2n) is 2.83. The van der Waals surface area contributed by atoms with Crippen molar-refractivity contribution in [3.63, 3.8) is 0 Å². The zero-order valence-corrected chi connectivity index (χ0v) is 7.73. The van der Waals surface area contributed by atoms with Crippen molar-refractivity contribution in [2.45, 2.75) is 18.9 Å². The third kappa shape index (κ3) is 1.49. The van der Waals surface area contributed by atoms with E-state index in [1.54, 1.807) is 0 Å². The first-order chi connectivity index (χ1) is 5.36. The molecule has 1 aliphatic heterocycles. The molecule has 60 valence electrons. The van der Waals surface area contributed by atoms with Crippen LogP contribution in [0.15, 0.2) is 21.4 Å². The zero-order chi connectivity index (χ0) is 7.68. The summed E-state index contributed by atoms with van der Waals surface area (Å²) in [6.45, 7) is 1.13. The summed E-state index contributed by atoms with van der Waals surface area (Å²) in [5.41, 5.74) is 1.26. The van der Waals surface area contributed by atoms with Crippen molar-refractivity contribution < 1.29 is 4.42 Å². The van der Waals surface area contributed by atoms with E-state index in [9.17, 15) is 0 Å². The number of halogens is 1. The number of hydrogen-bond donors (Lipinski definition) is 1. The minimum Gasteiger partial charge on any atom is -0.457 e. The Kier molecular flexibility index (Phi) is 2.00. The number of nitrogens with one attached hydrogen (secondary N) is 1. The molecule has 1 N–H and O–H groups in total. The third-order valence-corrected chi connectivity index (χ3v) is 2.47. The van der Waals surface area contributed by atoms with E-state index in [1.807, 2.05) is 12.3 Å². The van der Waals surface area contributed by atoms with Gasteiger partial charge in [-0.1, -0.05) is 0 Å². The SMILES string of the molecule is Brc1cc([C@H]2CCCN2)co1. The Morgan fingerprint density at radius 1 is 1.64 bits per heavy atom. The molecule has 0 saturated carbocycles. The van der Waals surface area contributed by atoms with Gasteiger partial charge in [-0.2, -0.15) is 0 Å². The van der Waals surface area contributed by atoms with Crippen molar-refractivity contribution in [2.75, 3.05) is 6.54 Å². The molecule has 0 aromatic carbocycles. The summed E-state index contributed by atoms with van der Waals surface area (Å²) in [7, 11) is 0. The Hall–Kier alpha value is -0.280. The minimum absolute atomic E-state index is 0.519. The Bertz CT molecular complexity index is 240. The molecule has 0 amide bonds. The first kappa shape index (κ1) is 7.37. The highest BCUT2D eigenvalue weighted by atomic mass is 79.9. The third-order valence-electron chi connectivity index (χ3n) is 2.05. The van der Waals surface area contributed by atoms with Crippen LogP contribution >= 0.6 is 15.9 Å². The minimum atomic E-state index is 0.519. The van der Waals surface area contributed by atoms with Crippen molar-refractivity contribution in [3.05, 3.63) is 22.6 Å². The molecule has 1 aromatic heterocycles. The molecule has 1 saturated heterocycles. The number of furan rings is 1. The second kappa shape index (κ2) is 2.99. The molecule has 1 atom stereocenters. The van der Waals surface area contributed by atoms with E-state index >= 15 is 0 Å². The largest absolute Gasteiger partial charge is 0.457 e. The van der Waals surface area contributed by atoms with Crippen LogP contribution < -0.4 is 5.32 Å². The molecule has 2 rings (SSSR count). The van der Waals surface area contributed by atoms with Crippen molar-refractivity contribution >= 4 is 15.9 Å². The van der Waals surface area contributed by atoms with Gasteiger partial charge in [0.05, 0.1) is 6.26 Å². The fraction of sp³-hybridized carbons (Fsp3) is 0.500. The lowest BCUT2D eigenvalue weighted by atomic mass is 10.1. The summed E-state index contributed by atoms with van der Waals surface area (Å²) < 4.78 is 5.97. The van der Waals surface area contributed by atoms with Crippen LogP contribution in [0, 0.1) is 0 Å². The van der Waals surface area contributed by atoms with Gasteiger partial charge in [-0.3, -0.25) is 0 Å². The van der Waals surface area contributed by atoms with Crippen molar-refractivity contribution in [3.8, 4) is 0 Å². The van der Waals surface area contributed by atoms with Gasteiger partial charge in [0, 0.05) is 11.6 Å². The lowest BCUT2D eigenvalue weighted by molar-refractivity contribution is 0.531. The first-order valence-corrected chi connectivity index (χ1v) is 4.63. The maximum Gasteiger partial charge on any atom is 0.169 e. The summed E-state index contributed by atoms with van der Waals surface area (Å²) >= 11 is 3.28. The maximum absolute atomic E-state index is 5.15. The number of hydrogen-bond acceptors (Lipinski definition) is 2. The molecule has 1 aliphatic rings. The van der Waals surface area contributed by atoms with Crippen molar-refractivity contribution in [1.82, 2.24) is 5.32 Å². The monoisotopic (exact) mass is 215 g/mol. The molecular formula is C8H10BrNO. The molecule has 3 heteroatoms. The highest BCUT2D eigenvalue weighted by molar-refractivity contribution is 9.10. The Morgan fingerprint density at radius 3 is 3.09 bits per heavy atom.